The predicted molar refractivity (Wildman–Crippen MR) is 135 cm³/mol. The normalized spacial score (nSPS) is 11.1. The van der Waals surface area contributed by atoms with Crippen LogP contribution in [0.1, 0.15) is 16.9 Å². The van der Waals surface area contributed by atoms with E-state index in [1.54, 1.807) is 6.21 Å². The van der Waals surface area contributed by atoms with Gasteiger partial charge >= 0.3 is 0 Å². The lowest BCUT2D eigenvalue weighted by Crippen LogP contribution is -1.83. The molecule has 0 amide bonds. The van der Waals surface area contributed by atoms with E-state index >= 15 is 0 Å². The van der Waals surface area contributed by atoms with E-state index in [-0.39, 0.29) is 5.88 Å². The van der Waals surface area contributed by atoms with E-state index in [0.29, 0.717) is 27.9 Å². The molecule has 0 N–H and O–H groups in total. The van der Waals surface area contributed by atoms with Crippen molar-refractivity contribution in [3.8, 4) is 39.8 Å². The predicted octanol–water partition coefficient (Wildman–Crippen LogP) is 8.46. The fraction of sp³-hybridized carbons (Fsp3) is 0.0345. The molecular weight excluding hydrogens is 444 g/mol. The van der Waals surface area contributed by atoms with Crippen molar-refractivity contribution in [2.24, 2.45) is 4.99 Å². The van der Waals surface area contributed by atoms with Gasteiger partial charge in [-0.15, -0.1) is 0 Å². The molecule has 0 aliphatic carbocycles. The molecule has 0 saturated heterocycles. The van der Waals surface area contributed by atoms with E-state index in [2.05, 4.69) is 11.1 Å². The summed E-state index contributed by atoms with van der Waals surface area (Å²) >= 11 is 6.16. The average molecular weight is 463 g/mol. The fourth-order valence-corrected chi connectivity index (χ4v) is 4.01. The van der Waals surface area contributed by atoms with Gasteiger partial charge < -0.3 is 8.83 Å². The molecule has 5 aromatic rings. The molecule has 0 aliphatic rings. The molecule has 5 heteroatoms. The second kappa shape index (κ2) is 9.27. The highest BCUT2D eigenvalue weighted by Gasteiger charge is 2.22. The third-order valence-electron chi connectivity index (χ3n) is 5.50. The van der Waals surface area contributed by atoms with Crippen molar-refractivity contribution >= 4 is 23.7 Å². The van der Waals surface area contributed by atoms with Gasteiger partial charge in [-0.05, 0) is 42.3 Å². The van der Waals surface area contributed by atoms with Crippen LogP contribution in [-0.2, 0) is 0 Å². The minimum absolute atomic E-state index is 0.233. The van der Waals surface area contributed by atoms with Crippen molar-refractivity contribution in [2.45, 2.75) is 6.92 Å². The summed E-state index contributed by atoms with van der Waals surface area (Å²) in [6.45, 7) is 2.00. The number of nitriles is 1. The standard InChI is InChI=1S/C29H19ClN2O2/c1-19-12-13-22(30)16-24(19)26-15-14-23(33-26)18-32-29-25(17-31)27(20-8-4-2-5-9-20)28(34-29)21-10-6-3-7-11-21/h2-16,18H,1H3. The third-order valence-corrected chi connectivity index (χ3v) is 5.74. The summed E-state index contributed by atoms with van der Waals surface area (Å²) in [6, 6.07) is 31.1. The molecule has 34 heavy (non-hydrogen) atoms. The first kappa shape index (κ1) is 21.5. The Kier molecular flexibility index (Phi) is 5.86. The van der Waals surface area contributed by atoms with Crippen LogP contribution in [0.4, 0.5) is 5.88 Å². The Hall–Kier alpha value is -4.33. The summed E-state index contributed by atoms with van der Waals surface area (Å²) < 4.78 is 12.1. The zero-order valence-corrected chi connectivity index (χ0v) is 19.1. The minimum Gasteiger partial charge on any atom is -0.455 e. The number of aliphatic imine (C=N–C) groups is 1. The van der Waals surface area contributed by atoms with E-state index in [9.17, 15) is 5.26 Å². The molecule has 3 aromatic carbocycles. The highest BCUT2D eigenvalue weighted by Crippen LogP contribution is 2.42. The molecule has 0 aliphatic heterocycles. The number of hydrogen-bond donors (Lipinski definition) is 0. The van der Waals surface area contributed by atoms with Gasteiger partial charge in [0, 0.05) is 21.7 Å². The molecule has 0 unspecified atom stereocenters. The molecule has 164 valence electrons. The smallest absolute Gasteiger partial charge is 0.238 e. The fourth-order valence-electron chi connectivity index (χ4n) is 3.84. The Bertz CT molecular complexity index is 1520. The second-order valence-electron chi connectivity index (χ2n) is 7.75. The van der Waals surface area contributed by atoms with Crippen molar-refractivity contribution < 1.29 is 8.83 Å². The first-order valence-electron chi connectivity index (χ1n) is 10.7. The van der Waals surface area contributed by atoms with Gasteiger partial charge in [-0.25, -0.2) is 4.99 Å². The monoisotopic (exact) mass is 462 g/mol. The molecule has 0 radical (unpaired) electrons. The summed E-state index contributed by atoms with van der Waals surface area (Å²) in [5.74, 6) is 2.07. The molecule has 2 aromatic heterocycles. The summed E-state index contributed by atoms with van der Waals surface area (Å²) in [4.78, 5) is 4.49. The van der Waals surface area contributed by atoms with Crippen molar-refractivity contribution in [2.75, 3.05) is 0 Å². The van der Waals surface area contributed by atoms with Crippen LogP contribution in [0.25, 0.3) is 33.8 Å². The van der Waals surface area contributed by atoms with Gasteiger partial charge in [-0.1, -0.05) is 78.3 Å². The molecule has 0 bridgehead atoms. The number of nitrogens with zero attached hydrogens (tertiary/aromatic N) is 2. The summed E-state index contributed by atoms with van der Waals surface area (Å²) in [5, 5.41) is 10.6. The van der Waals surface area contributed by atoms with Gasteiger partial charge in [0.1, 0.15) is 28.9 Å². The summed E-state index contributed by atoms with van der Waals surface area (Å²) in [6.07, 6.45) is 1.56. The first-order valence-corrected chi connectivity index (χ1v) is 11.1. The van der Waals surface area contributed by atoms with Gasteiger partial charge in [-0.2, -0.15) is 5.26 Å². The Morgan fingerprint density at radius 2 is 1.56 bits per heavy atom. The third kappa shape index (κ3) is 4.17. The number of rotatable bonds is 5. The zero-order chi connectivity index (χ0) is 23.5. The molecule has 5 rings (SSSR count). The first-order chi connectivity index (χ1) is 16.6. The van der Waals surface area contributed by atoms with Gasteiger partial charge in [0.05, 0.1) is 6.21 Å². The van der Waals surface area contributed by atoms with Crippen molar-refractivity contribution in [3.63, 3.8) is 0 Å². The van der Waals surface area contributed by atoms with Crippen LogP contribution in [0.2, 0.25) is 5.02 Å². The van der Waals surface area contributed by atoms with Gasteiger partial charge in [-0.3, -0.25) is 0 Å². The highest BCUT2D eigenvalue weighted by molar-refractivity contribution is 6.30. The molecule has 0 saturated carbocycles. The molecule has 0 fully saturated rings. The number of halogens is 1. The minimum atomic E-state index is 0.233. The summed E-state index contributed by atoms with van der Waals surface area (Å²) in [7, 11) is 0. The van der Waals surface area contributed by atoms with Crippen LogP contribution in [-0.4, -0.2) is 6.21 Å². The van der Waals surface area contributed by atoms with E-state index in [1.165, 1.54) is 0 Å². The number of aryl methyl sites for hydroxylation is 1. The van der Waals surface area contributed by atoms with Crippen LogP contribution in [0.3, 0.4) is 0 Å². The van der Waals surface area contributed by atoms with Gasteiger partial charge in [0.15, 0.2) is 0 Å². The van der Waals surface area contributed by atoms with Crippen LogP contribution < -0.4 is 0 Å². The van der Waals surface area contributed by atoms with Crippen LogP contribution >= 0.6 is 11.6 Å². The number of hydrogen-bond acceptors (Lipinski definition) is 4. The lowest BCUT2D eigenvalue weighted by molar-refractivity contribution is 0.572. The van der Waals surface area contributed by atoms with E-state index in [1.807, 2.05) is 97.9 Å². The van der Waals surface area contributed by atoms with Gasteiger partial charge in [0.2, 0.25) is 5.88 Å². The maximum Gasteiger partial charge on any atom is 0.238 e. The van der Waals surface area contributed by atoms with E-state index < -0.39 is 0 Å². The number of furan rings is 2. The van der Waals surface area contributed by atoms with Gasteiger partial charge in [0.25, 0.3) is 0 Å². The van der Waals surface area contributed by atoms with Crippen LogP contribution in [0, 0.1) is 18.3 Å². The lowest BCUT2D eigenvalue weighted by atomic mass is 9.98. The van der Waals surface area contributed by atoms with Crippen LogP contribution in [0.15, 0.2) is 105 Å². The molecule has 4 nitrogen and oxygen atoms in total. The maximum absolute atomic E-state index is 10.0. The number of benzene rings is 3. The Labute approximate surface area is 202 Å². The molecule has 0 atom stereocenters. The molecule has 0 spiro atoms. The largest absolute Gasteiger partial charge is 0.455 e. The Morgan fingerprint density at radius 1 is 0.853 bits per heavy atom. The van der Waals surface area contributed by atoms with Crippen molar-refractivity contribution in [1.82, 2.24) is 0 Å². The van der Waals surface area contributed by atoms with E-state index in [0.717, 1.165) is 27.8 Å². The lowest BCUT2D eigenvalue weighted by Gasteiger charge is -2.03. The Balaban J connectivity index is 1.56. The highest BCUT2D eigenvalue weighted by atomic mass is 35.5. The summed E-state index contributed by atoms with van der Waals surface area (Å²) in [5.41, 5.74) is 4.83. The zero-order valence-electron chi connectivity index (χ0n) is 18.3. The maximum atomic E-state index is 10.0. The second-order valence-corrected chi connectivity index (χ2v) is 8.19. The quantitative estimate of drug-likeness (QED) is 0.246. The van der Waals surface area contributed by atoms with Crippen molar-refractivity contribution in [1.29, 1.82) is 5.26 Å². The van der Waals surface area contributed by atoms with E-state index in [4.69, 9.17) is 20.4 Å². The molecular formula is C29H19ClN2O2. The Morgan fingerprint density at radius 3 is 2.26 bits per heavy atom. The topological polar surface area (TPSA) is 62.4 Å². The van der Waals surface area contributed by atoms with Crippen molar-refractivity contribution in [3.05, 3.63) is 113 Å². The van der Waals surface area contributed by atoms with Crippen LogP contribution in [0.5, 0.6) is 0 Å². The average Bonchev–Trinajstić information content (AvgIpc) is 3.50. The molecule has 2 heterocycles. The SMILES string of the molecule is Cc1ccc(Cl)cc1-c1ccc(C=Nc2oc(-c3ccccc3)c(-c3ccccc3)c2C#N)o1.